The van der Waals surface area contributed by atoms with E-state index < -0.39 is 71.7 Å². The van der Waals surface area contributed by atoms with Gasteiger partial charge in [0, 0.05) is 0 Å². The molecule has 346 valence electrons. The van der Waals surface area contributed by atoms with Crippen molar-refractivity contribution in [3.8, 4) is 11.5 Å². The Morgan fingerprint density at radius 1 is 0.810 bits per heavy atom. The van der Waals surface area contributed by atoms with Gasteiger partial charge in [0.1, 0.15) is 23.7 Å². The number of amides is 2. The van der Waals surface area contributed by atoms with Crippen LogP contribution in [0.1, 0.15) is 108 Å². The van der Waals surface area contributed by atoms with Gasteiger partial charge < -0.3 is 36.8 Å². The van der Waals surface area contributed by atoms with E-state index in [9.17, 15) is 14.4 Å². The van der Waals surface area contributed by atoms with Crippen LogP contribution in [0.15, 0.2) is 58.5 Å². The van der Waals surface area contributed by atoms with E-state index in [0.717, 1.165) is 11.1 Å². The molecule has 4 aliphatic heterocycles. The monoisotopic (exact) mass is 907 g/mol. The molecule has 2 N–H and O–H groups in total. The highest BCUT2D eigenvalue weighted by Crippen LogP contribution is 2.48. The fraction of sp³-hybridized carbons (Fsp3) is 0.630. The summed E-state index contributed by atoms with van der Waals surface area (Å²) >= 11 is 0. The number of hydrogen-bond donors (Lipinski definition) is 2. The molecule has 2 aromatic rings. The van der Waals surface area contributed by atoms with E-state index in [-0.39, 0.29) is 58.8 Å². The number of nitrogens with zero attached hydrogens (tertiary/aromatic N) is 3. The molecular weight excluding hydrogens is 839 g/mol. The molecule has 63 heavy (non-hydrogen) atoms. The standard InChI is InChI=1S/C46H69N5O10Si2/c1-27(2)62(28(3)4)57-23-35-39(60-63(61-62,29(5)6)30(7)8)40(59-37(53)25-56-34-21-17-32(18-22-34)46(12,13)14)43(58-35)51-26-47-38-41(51)49-44(50-42(38)54)48-36(52)24-55-33-19-15-31(16-20-33)45(9,10)11/h15-22,26-30,35,38-41,43H,23-25H2,1-14H3,(H2,48,49,50,52,54)/t35-,38+,39-,40-,41+,43-/m1/s1. The van der Waals surface area contributed by atoms with Crippen molar-refractivity contribution in [3.63, 3.8) is 0 Å². The van der Waals surface area contributed by atoms with Gasteiger partial charge in [-0.05, 0) is 68.4 Å². The van der Waals surface area contributed by atoms with Crippen molar-refractivity contribution in [1.29, 1.82) is 0 Å². The zero-order valence-electron chi connectivity index (χ0n) is 39.5. The number of esters is 1. The summed E-state index contributed by atoms with van der Waals surface area (Å²) in [6.45, 7) is 29.2. The number of guanidine groups is 1. The first-order valence-corrected chi connectivity index (χ1v) is 26.2. The first-order valence-electron chi connectivity index (χ1n) is 22.3. The van der Waals surface area contributed by atoms with Gasteiger partial charge in [0.05, 0.1) is 12.9 Å². The van der Waals surface area contributed by atoms with Crippen molar-refractivity contribution in [1.82, 2.24) is 15.5 Å². The number of hydrogen-bond acceptors (Lipinski definition) is 13. The van der Waals surface area contributed by atoms with Crippen molar-refractivity contribution in [2.75, 3.05) is 19.8 Å². The van der Waals surface area contributed by atoms with Crippen LogP contribution >= 0.6 is 0 Å². The fourth-order valence-corrected chi connectivity index (χ4v) is 19.9. The SMILES string of the molecule is CC(C)[Si]1(C(C)C)OC[C@H]2O[C@@H](N3C=N[C@@H]4C(=O)NC(NC(=O)COc5ccc(C(C)(C)C)cc5)=N[C@H]43)[C@H](OC(=O)COc3ccc(C(C)(C)C)cc3)[C@@H]2O[Si](C(C)C)(C(C)C)O1. The summed E-state index contributed by atoms with van der Waals surface area (Å²) in [5, 5.41) is 5.34. The van der Waals surface area contributed by atoms with Gasteiger partial charge in [-0.2, -0.15) is 0 Å². The van der Waals surface area contributed by atoms with Gasteiger partial charge in [-0.3, -0.25) is 25.2 Å². The Balaban J connectivity index is 1.28. The molecular formula is C46H69N5O10Si2. The zero-order valence-corrected chi connectivity index (χ0v) is 41.5. The van der Waals surface area contributed by atoms with Crippen molar-refractivity contribution >= 4 is 47.2 Å². The molecule has 0 bridgehead atoms. The van der Waals surface area contributed by atoms with Gasteiger partial charge in [0.2, 0.25) is 5.96 Å². The number of ether oxygens (including phenoxy) is 4. The second-order valence-corrected chi connectivity index (χ2v) is 29.1. The van der Waals surface area contributed by atoms with E-state index in [4.69, 9.17) is 36.9 Å². The lowest BCUT2D eigenvalue weighted by atomic mass is 9.87. The average molecular weight is 908 g/mol. The predicted molar refractivity (Wildman–Crippen MR) is 245 cm³/mol. The molecule has 4 heterocycles. The van der Waals surface area contributed by atoms with Crippen LogP contribution in [0.3, 0.4) is 0 Å². The van der Waals surface area contributed by atoms with Gasteiger partial charge in [-0.15, -0.1) is 0 Å². The van der Waals surface area contributed by atoms with Crippen LogP contribution in [0, 0.1) is 0 Å². The largest absolute Gasteiger partial charge is 0.484 e. The minimum Gasteiger partial charge on any atom is -0.484 e. The number of rotatable bonds is 12. The highest BCUT2D eigenvalue weighted by Gasteiger charge is 2.63. The van der Waals surface area contributed by atoms with Crippen LogP contribution in [-0.4, -0.2) is 109 Å². The predicted octanol–water partition coefficient (Wildman–Crippen LogP) is 6.97. The number of nitrogens with one attached hydrogen (secondary N) is 2. The topological polar surface area (TPSA) is 168 Å². The maximum atomic E-state index is 13.9. The average Bonchev–Trinajstić information content (AvgIpc) is 3.76. The quantitative estimate of drug-likeness (QED) is 0.167. The fourth-order valence-electron chi connectivity index (χ4n) is 8.67. The minimum atomic E-state index is -3.21. The van der Waals surface area contributed by atoms with E-state index in [1.54, 1.807) is 4.90 Å². The minimum absolute atomic E-state index is 0.0126. The summed E-state index contributed by atoms with van der Waals surface area (Å²) in [6.07, 6.45) is -3.07. The normalized spacial score (nSPS) is 25.6. The summed E-state index contributed by atoms with van der Waals surface area (Å²) in [4.78, 5) is 51.6. The van der Waals surface area contributed by atoms with Gasteiger partial charge >= 0.3 is 23.1 Å². The maximum absolute atomic E-state index is 13.9. The summed E-state index contributed by atoms with van der Waals surface area (Å²) < 4.78 is 46.8. The molecule has 0 unspecified atom stereocenters. The first-order chi connectivity index (χ1) is 29.4. The number of carbonyl (C=O) groups excluding carboxylic acids is 3. The lowest BCUT2D eigenvalue weighted by Crippen LogP contribution is -2.66. The molecule has 2 saturated heterocycles. The number of aliphatic imine (C=N–C) groups is 2. The number of fused-ring (bicyclic) bond motifs is 2. The molecule has 15 nitrogen and oxygen atoms in total. The van der Waals surface area contributed by atoms with E-state index in [1.165, 1.54) is 6.34 Å². The van der Waals surface area contributed by atoms with Gasteiger partial charge in [-0.1, -0.05) is 121 Å². The van der Waals surface area contributed by atoms with E-state index in [2.05, 4.69) is 113 Å². The van der Waals surface area contributed by atoms with Crippen LogP contribution in [0.4, 0.5) is 0 Å². The zero-order chi connectivity index (χ0) is 46.2. The highest BCUT2D eigenvalue weighted by atomic mass is 28.5. The van der Waals surface area contributed by atoms with Crippen LogP contribution < -0.4 is 20.1 Å². The smallest absolute Gasteiger partial charge is 0.344 e. The summed E-state index contributed by atoms with van der Waals surface area (Å²) in [5.41, 5.74) is 2.35. The highest BCUT2D eigenvalue weighted by molar-refractivity contribution is 6.84. The summed E-state index contributed by atoms with van der Waals surface area (Å²) in [6, 6.07) is 14.2. The molecule has 2 amide bonds. The van der Waals surface area contributed by atoms with Crippen LogP contribution in [0.2, 0.25) is 22.2 Å². The number of benzene rings is 2. The molecule has 0 radical (unpaired) electrons. The second-order valence-electron chi connectivity index (χ2n) is 20.3. The Kier molecular flexibility index (Phi) is 14.4. The van der Waals surface area contributed by atoms with Gasteiger partial charge in [0.25, 0.3) is 11.8 Å². The van der Waals surface area contributed by atoms with Gasteiger partial charge in [0.15, 0.2) is 37.8 Å². The van der Waals surface area contributed by atoms with Crippen LogP contribution in [0.25, 0.3) is 0 Å². The Bertz CT molecular complexity index is 2000. The third-order valence-electron chi connectivity index (χ3n) is 12.3. The van der Waals surface area contributed by atoms with E-state index >= 15 is 0 Å². The van der Waals surface area contributed by atoms with E-state index in [0.29, 0.717) is 11.5 Å². The Hall–Kier alpha value is -4.14. The van der Waals surface area contributed by atoms with Gasteiger partial charge in [-0.25, -0.2) is 9.79 Å². The molecule has 2 aromatic carbocycles. The third kappa shape index (κ3) is 10.4. The first kappa shape index (κ1) is 48.3. The Morgan fingerprint density at radius 2 is 1.33 bits per heavy atom. The summed E-state index contributed by atoms with van der Waals surface area (Å²) in [7, 11) is -6.16. The van der Waals surface area contributed by atoms with Crippen molar-refractivity contribution in [2.24, 2.45) is 9.98 Å². The lowest BCUT2D eigenvalue weighted by molar-refractivity contribution is -0.163. The van der Waals surface area contributed by atoms with Crippen molar-refractivity contribution in [2.45, 2.75) is 167 Å². The summed E-state index contributed by atoms with van der Waals surface area (Å²) in [5.74, 6) is -0.666. The second kappa shape index (κ2) is 18.8. The molecule has 17 heteroatoms. The van der Waals surface area contributed by atoms with Crippen LogP contribution in [-0.2, 0) is 47.7 Å². The lowest BCUT2D eigenvalue weighted by Gasteiger charge is -2.51. The Labute approximate surface area is 375 Å². The van der Waals surface area contributed by atoms with Crippen LogP contribution in [0.5, 0.6) is 11.5 Å². The molecule has 0 aromatic heterocycles. The molecule has 0 spiro atoms. The maximum Gasteiger partial charge on any atom is 0.344 e. The molecule has 0 aliphatic carbocycles. The molecule has 4 aliphatic rings. The molecule has 0 saturated carbocycles. The molecule has 6 atom stereocenters. The molecule has 2 fully saturated rings. The Morgan fingerprint density at radius 3 is 1.84 bits per heavy atom. The molecule has 6 rings (SSSR count). The number of carbonyl (C=O) groups is 3. The van der Waals surface area contributed by atoms with Crippen molar-refractivity contribution < 1.29 is 46.3 Å². The third-order valence-corrected chi connectivity index (χ3v) is 22.6. The van der Waals surface area contributed by atoms with Crippen molar-refractivity contribution in [3.05, 3.63) is 59.7 Å². The van der Waals surface area contributed by atoms with E-state index in [1.807, 2.05) is 48.5 Å².